The fraction of sp³-hybridized carbons (Fsp3) is 0.0769. The first kappa shape index (κ1) is 10.9. The molecule has 3 aromatic heterocycles. The Kier molecular flexibility index (Phi) is 2.19. The smallest absolute Gasteiger partial charge is 0.196 e. The maximum absolute atomic E-state index is 5.89. The molecule has 0 fully saturated rings. The molecule has 1 aliphatic rings. The summed E-state index contributed by atoms with van der Waals surface area (Å²) in [5.41, 5.74) is 7.53. The van der Waals surface area contributed by atoms with E-state index in [0.717, 1.165) is 16.8 Å². The number of fused-ring (bicyclic) bond motifs is 3. The molecule has 7 nitrogen and oxygen atoms in total. The second-order valence-electron chi connectivity index (χ2n) is 4.46. The highest BCUT2D eigenvalue weighted by Gasteiger charge is 2.25. The van der Waals surface area contributed by atoms with E-state index in [-0.39, 0.29) is 6.17 Å². The van der Waals surface area contributed by atoms with Gasteiger partial charge in [0.25, 0.3) is 0 Å². The van der Waals surface area contributed by atoms with Crippen molar-refractivity contribution in [1.82, 2.24) is 19.7 Å². The van der Waals surface area contributed by atoms with Gasteiger partial charge >= 0.3 is 0 Å². The molecular formula is C13H11N7. The molecule has 1 atom stereocenters. The first-order valence-corrected chi connectivity index (χ1v) is 6.16. The average Bonchev–Trinajstić information content (AvgIpc) is 2.86. The molecule has 20 heavy (non-hydrogen) atoms. The molecule has 1 aliphatic heterocycles. The van der Waals surface area contributed by atoms with E-state index in [9.17, 15) is 0 Å². The third-order valence-electron chi connectivity index (χ3n) is 3.22. The minimum absolute atomic E-state index is 0.302. The number of anilines is 1. The Balaban J connectivity index is 1.96. The van der Waals surface area contributed by atoms with Crippen LogP contribution in [0.3, 0.4) is 0 Å². The number of nitrogens with one attached hydrogen (secondary N) is 1. The third kappa shape index (κ3) is 1.53. The lowest BCUT2D eigenvalue weighted by molar-refractivity contribution is 0.546. The summed E-state index contributed by atoms with van der Waals surface area (Å²) in [5.74, 6) is 1.17. The van der Waals surface area contributed by atoms with Crippen molar-refractivity contribution in [1.29, 1.82) is 0 Å². The van der Waals surface area contributed by atoms with Crippen molar-refractivity contribution < 1.29 is 0 Å². The van der Waals surface area contributed by atoms with Gasteiger partial charge in [0, 0.05) is 24.2 Å². The number of guanidine groups is 1. The van der Waals surface area contributed by atoms with Gasteiger partial charge in [-0.25, -0.2) is 14.7 Å². The van der Waals surface area contributed by atoms with Crippen LogP contribution >= 0.6 is 0 Å². The van der Waals surface area contributed by atoms with E-state index in [2.05, 4.69) is 25.4 Å². The minimum Gasteiger partial charge on any atom is -0.370 e. The number of aromatic nitrogens is 4. The fourth-order valence-electron chi connectivity index (χ4n) is 2.33. The molecule has 0 unspecified atom stereocenters. The second kappa shape index (κ2) is 4.02. The van der Waals surface area contributed by atoms with Crippen LogP contribution in [-0.4, -0.2) is 25.7 Å². The lowest BCUT2D eigenvalue weighted by Gasteiger charge is -2.22. The molecule has 4 rings (SSSR count). The Hall–Kier alpha value is -2.96. The quantitative estimate of drug-likeness (QED) is 0.687. The summed E-state index contributed by atoms with van der Waals surface area (Å²) in [6.07, 6.45) is 4.87. The van der Waals surface area contributed by atoms with Gasteiger partial charge in [-0.2, -0.15) is 0 Å². The highest BCUT2D eigenvalue weighted by atomic mass is 15.4. The van der Waals surface area contributed by atoms with Crippen molar-refractivity contribution in [3.8, 4) is 0 Å². The molecule has 0 spiro atoms. The van der Waals surface area contributed by atoms with Gasteiger partial charge in [-0.3, -0.25) is 4.98 Å². The van der Waals surface area contributed by atoms with E-state index in [4.69, 9.17) is 5.73 Å². The van der Waals surface area contributed by atoms with Crippen molar-refractivity contribution in [2.75, 3.05) is 5.32 Å². The summed E-state index contributed by atoms with van der Waals surface area (Å²) in [4.78, 5) is 12.7. The lowest BCUT2D eigenvalue weighted by Crippen LogP contribution is -2.31. The van der Waals surface area contributed by atoms with Crippen LogP contribution in [0.25, 0.3) is 11.0 Å². The lowest BCUT2D eigenvalue weighted by atomic mass is 10.2. The maximum Gasteiger partial charge on any atom is 0.196 e. The van der Waals surface area contributed by atoms with Crippen molar-refractivity contribution in [2.24, 2.45) is 10.7 Å². The SMILES string of the molecule is NC1=N[C@@H](c2ccncc2)n2nc3ncccc3c2N1. The molecule has 0 radical (unpaired) electrons. The predicted octanol–water partition coefficient (Wildman–Crippen LogP) is 1.11. The van der Waals surface area contributed by atoms with Gasteiger partial charge < -0.3 is 11.1 Å². The molecule has 98 valence electrons. The van der Waals surface area contributed by atoms with Crippen LogP contribution in [0.1, 0.15) is 11.7 Å². The van der Waals surface area contributed by atoms with Crippen molar-refractivity contribution in [2.45, 2.75) is 6.17 Å². The Morgan fingerprint density at radius 1 is 1.15 bits per heavy atom. The molecule has 4 heterocycles. The molecular weight excluding hydrogens is 254 g/mol. The molecule has 0 saturated heterocycles. The topological polar surface area (TPSA) is 94.0 Å². The Bertz CT molecular complexity index is 806. The third-order valence-corrected chi connectivity index (χ3v) is 3.22. The van der Waals surface area contributed by atoms with E-state index in [1.807, 2.05) is 24.3 Å². The van der Waals surface area contributed by atoms with Crippen LogP contribution < -0.4 is 11.1 Å². The normalized spacial score (nSPS) is 17.4. The van der Waals surface area contributed by atoms with Crippen molar-refractivity contribution >= 4 is 22.8 Å². The van der Waals surface area contributed by atoms with Gasteiger partial charge in [-0.05, 0) is 24.3 Å². The van der Waals surface area contributed by atoms with Crippen LogP contribution in [0, 0.1) is 0 Å². The van der Waals surface area contributed by atoms with E-state index in [0.29, 0.717) is 11.6 Å². The monoisotopic (exact) mass is 265 g/mol. The number of aliphatic imine (C=N–C) groups is 1. The van der Waals surface area contributed by atoms with Gasteiger partial charge in [-0.1, -0.05) is 0 Å². The summed E-state index contributed by atoms with van der Waals surface area (Å²) < 4.78 is 1.80. The Labute approximate surface area is 114 Å². The van der Waals surface area contributed by atoms with Crippen molar-refractivity contribution in [3.05, 3.63) is 48.4 Å². The molecule has 0 aromatic carbocycles. The van der Waals surface area contributed by atoms with Gasteiger partial charge in [0.2, 0.25) is 0 Å². The first-order chi connectivity index (χ1) is 9.83. The van der Waals surface area contributed by atoms with E-state index < -0.39 is 0 Å². The highest BCUT2D eigenvalue weighted by molar-refractivity contribution is 6.00. The predicted molar refractivity (Wildman–Crippen MR) is 75.1 cm³/mol. The fourth-order valence-corrected chi connectivity index (χ4v) is 2.33. The van der Waals surface area contributed by atoms with Crippen LogP contribution in [0.2, 0.25) is 0 Å². The highest BCUT2D eigenvalue weighted by Crippen LogP contribution is 2.31. The summed E-state index contributed by atoms with van der Waals surface area (Å²) in [5, 5.41) is 8.48. The van der Waals surface area contributed by atoms with Gasteiger partial charge in [0.1, 0.15) is 5.82 Å². The van der Waals surface area contributed by atoms with E-state index in [1.165, 1.54) is 0 Å². The van der Waals surface area contributed by atoms with Crippen LogP contribution in [0.4, 0.5) is 5.82 Å². The van der Waals surface area contributed by atoms with Crippen LogP contribution in [-0.2, 0) is 0 Å². The zero-order valence-electron chi connectivity index (χ0n) is 10.4. The van der Waals surface area contributed by atoms with Gasteiger partial charge in [0.15, 0.2) is 17.8 Å². The molecule has 0 amide bonds. The Morgan fingerprint density at radius 3 is 2.85 bits per heavy atom. The Morgan fingerprint density at radius 2 is 2.00 bits per heavy atom. The van der Waals surface area contributed by atoms with Crippen LogP contribution in [0.15, 0.2) is 47.8 Å². The van der Waals surface area contributed by atoms with E-state index >= 15 is 0 Å². The first-order valence-electron chi connectivity index (χ1n) is 6.16. The van der Waals surface area contributed by atoms with Gasteiger partial charge in [-0.15, -0.1) is 5.10 Å². The molecule has 0 aliphatic carbocycles. The largest absolute Gasteiger partial charge is 0.370 e. The number of hydrogen-bond acceptors (Lipinski definition) is 6. The number of pyridine rings is 2. The van der Waals surface area contributed by atoms with Crippen molar-refractivity contribution in [3.63, 3.8) is 0 Å². The molecule has 7 heteroatoms. The van der Waals surface area contributed by atoms with Gasteiger partial charge in [0.05, 0.1) is 5.39 Å². The molecule has 3 N–H and O–H groups in total. The summed E-state index contributed by atoms with van der Waals surface area (Å²) in [6, 6.07) is 7.62. The number of nitrogens with two attached hydrogens (primary N) is 1. The zero-order chi connectivity index (χ0) is 13.5. The average molecular weight is 265 g/mol. The summed E-state index contributed by atoms with van der Waals surface area (Å²) in [7, 11) is 0. The standard InChI is InChI=1S/C13H11N7/c14-13-17-11(8-3-6-15-7-4-8)20-12(18-13)9-2-1-5-16-10(9)19-20/h1-7,11H,(H3,14,17,18)/t11-/m1/s1. The molecule has 0 bridgehead atoms. The molecule has 0 saturated carbocycles. The summed E-state index contributed by atoms with van der Waals surface area (Å²) >= 11 is 0. The minimum atomic E-state index is -0.302. The number of rotatable bonds is 1. The molecule has 3 aromatic rings. The van der Waals surface area contributed by atoms with E-state index in [1.54, 1.807) is 23.3 Å². The second-order valence-corrected chi connectivity index (χ2v) is 4.46. The summed E-state index contributed by atoms with van der Waals surface area (Å²) in [6.45, 7) is 0. The number of nitrogens with zero attached hydrogens (tertiary/aromatic N) is 5. The number of hydrogen-bond donors (Lipinski definition) is 2. The maximum atomic E-state index is 5.89. The zero-order valence-corrected chi connectivity index (χ0v) is 10.4. The van der Waals surface area contributed by atoms with Crippen LogP contribution in [0.5, 0.6) is 0 Å².